The summed E-state index contributed by atoms with van der Waals surface area (Å²) in [4.78, 5) is 9.39. The molecule has 0 spiro atoms. The van der Waals surface area contributed by atoms with Gasteiger partial charge >= 0.3 is 0 Å². The lowest BCUT2D eigenvalue weighted by Crippen LogP contribution is -1.91. The zero-order valence-corrected chi connectivity index (χ0v) is 5.62. The van der Waals surface area contributed by atoms with Gasteiger partial charge in [0.05, 0.1) is 4.92 Å². The van der Waals surface area contributed by atoms with Crippen LogP contribution < -0.4 is 0 Å². The van der Waals surface area contributed by atoms with E-state index in [1.54, 1.807) is 12.2 Å². The fourth-order valence-electron chi connectivity index (χ4n) is 0.361. The molecule has 0 heterocycles. The molecule has 0 unspecified atom stereocenters. The summed E-state index contributed by atoms with van der Waals surface area (Å²) >= 11 is 0. The van der Waals surface area contributed by atoms with Crippen molar-refractivity contribution >= 4 is 0 Å². The Labute approximate surface area is 59.5 Å². The van der Waals surface area contributed by atoms with Gasteiger partial charge in [-0.05, 0) is 13.0 Å². The van der Waals surface area contributed by atoms with Gasteiger partial charge in [0.1, 0.15) is 0 Å². The first-order chi connectivity index (χ1) is 4.68. The smallest absolute Gasteiger partial charge is 0.258 e. The third-order valence-corrected chi connectivity index (χ3v) is 0.847. The van der Waals surface area contributed by atoms with Gasteiger partial charge in [-0.3, -0.25) is 10.1 Å². The number of rotatable bonds is 4. The van der Waals surface area contributed by atoms with Crippen molar-refractivity contribution in [1.29, 1.82) is 0 Å². The number of nitrogens with zero attached hydrogens (tertiary/aromatic N) is 1. The SMILES string of the molecule is C=CC/C=C/C(=C)[N+](=O)[O-]. The molecular weight excluding hydrogens is 130 g/mol. The molecule has 0 aliphatic rings. The second-order valence-electron chi connectivity index (χ2n) is 1.68. The highest BCUT2D eigenvalue weighted by molar-refractivity contribution is 5.06. The van der Waals surface area contributed by atoms with Crippen LogP contribution in [0, 0.1) is 10.1 Å². The summed E-state index contributed by atoms with van der Waals surface area (Å²) in [6.07, 6.45) is 5.29. The van der Waals surface area contributed by atoms with Gasteiger partial charge in [-0.25, -0.2) is 0 Å². The highest BCUT2D eigenvalue weighted by Gasteiger charge is 1.97. The first-order valence-electron chi connectivity index (χ1n) is 2.79. The van der Waals surface area contributed by atoms with E-state index in [9.17, 15) is 10.1 Å². The van der Waals surface area contributed by atoms with E-state index in [1.165, 1.54) is 6.08 Å². The van der Waals surface area contributed by atoms with Gasteiger partial charge in [0.15, 0.2) is 0 Å². The van der Waals surface area contributed by atoms with E-state index in [2.05, 4.69) is 13.2 Å². The minimum Gasteiger partial charge on any atom is -0.258 e. The minimum absolute atomic E-state index is 0.0955. The van der Waals surface area contributed by atoms with Gasteiger partial charge in [-0.2, -0.15) is 0 Å². The third kappa shape index (κ3) is 3.60. The minimum atomic E-state index is -0.528. The number of nitro groups is 1. The van der Waals surface area contributed by atoms with Crippen LogP contribution in [0.3, 0.4) is 0 Å². The van der Waals surface area contributed by atoms with Crippen molar-refractivity contribution in [1.82, 2.24) is 0 Å². The first-order valence-corrected chi connectivity index (χ1v) is 2.79. The topological polar surface area (TPSA) is 43.1 Å². The predicted molar refractivity (Wildman–Crippen MR) is 40.1 cm³/mol. The molecule has 0 fully saturated rings. The molecule has 0 saturated carbocycles. The quantitative estimate of drug-likeness (QED) is 0.258. The Morgan fingerprint density at radius 2 is 2.30 bits per heavy atom. The van der Waals surface area contributed by atoms with Crippen molar-refractivity contribution in [3.05, 3.63) is 47.2 Å². The van der Waals surface area contributed by atoms with Crippen molar-refractivity contribution < 1.29 is 4.92 Å². The third-order valence-electron chi connectivity index (χ3n) is 0.847. The van der Waals surface area contributed by atoms with Crippen LogP contribution in [0.1, 0.15) is 6.42 Å². The van der Waals surface area contributed by atoms with E-state index >= 15 is 0 Å². The summed E-state index contributed by atoms with van der Waals surface area (Å²) in [7, 11) is 0. The molecule has 0 rings (SSSR count). The van der Waals surface area contributed by atoms with Crippen molar-refractivity contribution in [3.63, 3.8) is 0 Å². The zero-order chi connectivity index (χ0) is 7.98. The molecule has 0 aromatic rings. The summed E-state index contributed by atoms with van der Waals surface area (Å²) in [6, 6.07) is 0. The van der Waals surface area contributed by atoms with E-state index in [0.29, 0.717) is 6.42 Å². The van der Waals surface area contributed by atoms with E-state index in [-0.39, 0.29) is 5.70 Å². The van der Waals surface area contributed by atoms with Crippen LogP contribution in [-0.2, 0) is 0 Å². The molecule has 3 nitrogen and oxygen atoms in total. The van der Waals surface area contributed by atoms with E-state index in [4.69, 9.17) is 0 Å². The molecule has 0 atom stereocenters. The molecule has 0 aliphatic carbocycles. The Morgan fingerprint density at radius 1 is 1.70 bits per heavy atom. The van der Waals surface area contributed by atoms with Crippen molar-refractivity contribution in [2.45, 2.75) is 6.42 Å². The van der Waals surface area contributed by atoms with Crippen LogP contribution in [0.2, 0.25) is 0 Å². The van der Waals surface area contributed by atoms with Crippen molar-refractivity contribution in [2.75, 3.05) is 0 Å². The summed E-state index contributed by atoms with van der Waals surface area (Å²) in [5, 5.41) is 9.92. The van der Waals surface area contributed by atoms with Crippen LogP contribution >= 0.6 is 0 Å². The lowest BCUT2D eigenvalue weighted by atomic mass is 10.3. The fraction of sp³-hybridized carbons (Fsp3) is 0.143. The second-order valence-corrected chi connectivity index (χ2v) is 1.68. The molecule has 0 aromatic carbocycles. The fourth-order valence-corrected chi connectivity index (χ4v) is 0.361. The zero-order valence-electron chi connectivity index (χ0n) is 5.62. The Bertz CT molecular complexity index is 182. The number of hydrogen-bond donors (Lipinski definition) is 0. The van der Waals surface area contributed by atoms with Crippen LogP contribution in [0.4, 0.5) is 0 Å². The Hall–Kier alpha value is -1.38. The van der Waals surface area contributed by atoms with Gasteiger partial charge in [0, 0.05) is 6.08 Å². The van der Waals surface area contributed by atoms with E-state index < -0.39 is 4.92 Å². The number of hydrogen-bond acceptors (Lipinski definition) is 2. The summed E-state index contributed by atoms with van der Waals surface area (Å²) < 4.78 is 0. The molecule has 0 bridgehead atoms. The average molecular weight is 139 g/mol. The second kappa shape index (κ2) is 4.49. The van der Waals surface area contributed by atoms with Gasteiger partial charge < -0.3 is 0 Å². The molecule has 0 aromatic heterocycles. The molecule has 0 N–H and O–H groups in total. The van der Waals surface area contributed by atoms with E-state index in [1.807, 2.05) is 0 Å². The molecule has 54 valence electrons. The van der Waals surface area contributed by atoms with Gasteiger partial charge in [-0.1, -0.05) is 12.2 Å². The standard InChI is InChI=1S/C7H9NO2/c1-3-4-5-6-7(2)8(9)10/h3,5-6H,1-2,4H2/b6-5+. The molecule has 0 radical (unpaired) electrons. The maximum Gasteiger partial charge on any atom is 0.262 e. The lowest BCUT2D eigenvalue weighted by molar-refractivity contribution is -0.418. The maximum atomic E-state index is 9.92. The van der Waals surface area contributed by atoms with Gasteiger partial charge in [-0.15, -0.1) is 6.58 Å². The van der Waals surface area contributed by atoms with Gasteiger partial charge in [0.25, 0.3) is 5.70 Å². The average Bonchev–Trinajstić information content (AvgIpc) is 1.88. The van der Waals surface area contributed by atoms with Crippen molar-refractivity contribution in [3.8, 4) is 0 Å². The van der Waals surface area contributed by atoms with Gasteiger partial charge in [0.2, 0.25) is 0 Å². The molecule has 10 heavy (non-hydrogen) atoms. The Balaban J connectivity index is 3.78. The molecular formula is C7H9NO2. The predicted octanol–water partition coefficient (Wildman–Crippen LogP) is 1.91. The number of allylic oxidation sites excluding steroid dienone is 3. The van der Waals surface area contributed by atoms with Crippen LogP contribution in [-0.4, -0.2) is 4.92 Å². The Morgan fingerprint density at radius 3 is 2.70 bits per heavy atom. The van der Waals surface area contributed by atoms with Crippen LogP contribution in [0.25, 0.3) is 0 Å². The summed E-state index contributed by atoms with van der Waals surface area (Å²) in [5.74, 6) is 0. The Kier molecular flexibility index (Phi) is 3.87. The summed E-state index contributed by atoms with van der Waals surface area (Å²) in [6.45, 7) is 6.66. The highest BCUT2D eigenvalue weighted by Crippen LogP contribution is 1.94. The van der Waals surface area contributed by atoms with Crippen LogP contribution in [0.5, 0.6) is 0 Å². The first kappa shape index (κ1) is 8.62. The monoisotopic (exact) mass is 139 g/mol. The van der Waals surface area contributed by atoms with Crippen LogP contribution in [0.15, 0.2) is 37.1 Å². The lowest BCUT2D eigenvalue weighted by Gasteiger charge is -1.84. The molecule has 0 saturated heterocycles. The van der Waals surface area contributed by atoms with Crippen molar-refractivity contribution in [2.24, 2.45) is 0 Å². The maximum absolute atomic E-state index is 9.92. The molecule has 0 amide bonds. The molecule has 0 aliphatic heterocycles. The largest absolute Gasteiger partial charge is 0.262 e. The summed E-state index contributed by atoms with van der Waals surface area (Å²) in [5.41, 5.74) is -0.0955. The highest BCUT2D eigenvalue weighted by atomic mass is 16.6. The van der Waals surface area contributed by atoms with E-state index in [0.717, 1.165) is 0 Å². The molecule has 3 heteroatoms. The normalized spacial score (nSPS) is 9.60.